The number of halogens is 1. The Morgan fingerprint density at radius 1 is 1.08 bits per heavy atom. The smallest absolute Gasteiger partial charge is 0.307 e. The van der Waals surface area contributed by atoms with Crippen LogP contribution in [0.25, 0.3) is 17.2 Å². The van der Waals surface area contributed by atoms with Gasteiger partial charge < -0.3 is 14.6 Å². The van der Waals surface area contributed by atoms with Crippen LogP contribution in [0.1, 0.15) is 30.0 Å². The lowest BCUT2D eigenvalue weighted by molar-refractivity contribution is -0.135. The zero-order valence-corrected chi connectivity index (χ0v) is 14.8. The molecule has 0 fully saturated rings. The van der Waals surface area contributed by atoms with Gasteiger partial charge in [0, 0.05) is 6.07 Å². The van der Waals surface area contributed by atoms with Crippen LogP contribution in [-0.2, 0) is 4.79 Å². The number of hydrogen-bond acceptors (Lipinski definition) is 3. The second kappa shape index (κ2) is 7.04. The first-order chi connectivity index (χ1) is 12.4. The van der Waals surface area contributed by atoms with Gasteiger partial charge >= 0.3 is 5.97 Å². The highest BCUT2D eigenvalue weighted by atomic mass is 19.1. The highest BCUT2D eigenvalue weighted by molar-refractivity contribution is 6.07. The number of rotatable bonds is 5. The number of hydrogen-bond donors (Lipinski definition) is 1. The van der Waals surface area contributed by atoms with E-state index >= 15 is 0 Å². The maximum atomic E-state index is 13.7. The second-order valence-corrected chi connectivity index (χ2v) is 6.07. The number of ether oxygens (including phenoxy) is 2. The topological polar surface area (TPSA) is 55.8 Å². The molecule has 2 aromatic carbocycles. The quantitative estimate of drug-likeness (QED) is 0.849. The molecule has 1 aliphatic rings. The van der Waals surface area contributed by atoms with Crippen molar-refractivity contribution in [3.05, 3.63) is 64.5 Å². The van der Waals surface area contributed by atoms with Gasteiger partial charge in [0.25, 0.3) is 0 Å². The minimum atomic E-state index is -0.945. The van der Waals surface area contributed by atoms with Gasteiger partial charge in [-0.05, 0) is 70.7 Å². The number of carbonyl (C=O) groups is 1. The van der Waals surface area contributed by atoms with Crippen LogP contribution in [0.3, 0.4) is 0 Å². The van der Waals surface area contributed by atoms with Gasteiger partial charge in [-0.2, -0.15) is 0 Å². The zero-order valence-electron chi connectivity index (χ0n) is 14.8. The Balaban J connectivity index is 2.17. The first-order valence-electron chi connectivity index (χ1n) is 8.10. The molecule has 134 valence electrons. The van der Waals surface area contributed by atoms with E-state index in [1.807, 2.05) is 25.1 Å². The summed E-state index contributed by atoms with van der Waals surface area (Å²) in [6, 6.07) is 9.97. The molecule has 0 bridgehead atoms. The van der Waals surface area contributed by atoms with Crippen molar-refractivity contribution in [2.24, 2.45) is 0 Å². The molecule has 0 unspecified atom stereocenters. The lowest BCUT2D eigenvalue weighted by Crippen LogP contribution is -1.97. The normalized spacial score (nSPS) is 14.5. The molecule has 26 heavy (non-hydrogen) atoms. The SMILES string of the molecule is COc1cc(/C=C2\C(C)=C(CC(=O)O)c3cc(F)ccc32)cc(OC)c1. The third-order valence-corrected chi connectivity index (χ3v) is 4.47. The van der Waals surface area contributed by atoms with Crippen LogP contribution in [-0.4, -0.2) is 25.3 Å². The van der Waals surface area contributed by atoms with Gasteiger partial charge in [-0.15, -0.1) is 0 Å². The van der Waals surface area contributed by atoms with Gasteiger partial charge in [-0.25, -0.2) is 4.39 Å². The van der Waals surface area contributed by atoms with Gasteiger partial charge in [0.05, 0.1) is 20.6 Å². The van der Waals surface area contributed by atoms with Crippen molar-refractivity contribution < 1.29 is 23.8 Å². The number of carboxylic acids is 1. The standard InChI is InChI=1S/C21H19FO4/c1-12-18(8-13-6-15(25-2)10-16(7-13)26-3)17-5-4-14(22)9-20(17)19(12)11-21(23)24/h4-10H,11H2,1-3H3,(H,23,24)/b18-8+. The Hall–Kier alpha value is -3.08. The van der Waals surface area contributed by atoms with E-state index in [1.54, 1.807) is 26.4 Å². The number of aliphatic carboxylic acids is 1. The third kappa shape index (κ3) is 3.33. The molecule has 4 nitrogen and oxygen atoms in total. The van der Waals surface area contributed by atoms with Crippen molar-refractivity contribution in [2.45, 2.75) is 13.3 Å². The van der Waals surface area contributed by atoms with Gasteiger partial charge in [0.2, 0.25) is 0 Å². The average molecular weight is 354 g/mol. The van der Waals surface area contributed by atoms with Crippen molar-refractivity contribution in [3.8, 4) is 11.5 Å². The molecule has 0 radical (unpaired) electrons. The molecule has 0 saturated carbocycles. The van der Waals surface area contributed by atoms with Crippen LogP contribution in [0.2, 0.25) is 0 Å². The van der Waals surface area contributed by atoms with Crippen molar-refractivity contribution >= 4 is 23.2 Å². The molecular formula is C21H19FO4. The molecule has 0 heterocycles. The summed E-state index contributed by atoms with van der Waals surface area (Å²) < 4.78 is 24.3. The van der Waals surface area contributed by atoms with E-state index in [9.17, 15) is 14.3 Å². The van der Waals surface area contributed by atoms with E-state index in [0.29, 0.717) is 22.6 Å². The highest BCUT2D eigenvalue weighted by Crippen LogP contribution is 2.44. The number of methoxy groups -OCH3 is 2. The molecule has 0 saturated heterocycles. The summed E-state index contributed by atoms with van der Waals surface area (Å²) in [6.45, 7) is 1.86. The minimum Gasteiger partial charge on any atom is -0.497 e. The Bertz CT molecular complexity index is 919. The fraction of sp³-hybridized carbons (Fsp3) is 0.190. The average Bonchev–Trinajstić information content (AvgIpc) is 2.86. The predicted octanol–water partition coefficient (Wildman–Crippen LogP) is 4.65. The number of allylic oxidation sites excluding steroid dienone is 2. The van der Waals surface area contributed by atoms with Gasteiger partial charge in [-0.3, -0.25) is 4.79 Å². The molecular weight excluding hydrogens is 335 g/mol. The van der Waals surface area contributed by atoms with Crippen molar-refractivity contribution in [2.75, 3.05) is 14.2 Å². The summed E-state index contributed by atoms with van der Waals surface area (Å²) >= 11 is 0. The molecule has 0 atom stereocenters. The molecule has 5 heteroatoms. The van der Waals surface area contributed by atoms with Crippen LogP contribution >= 0.6 is 0 Å². The minimum absolute atomic E-state index is 0.152. The van der Waals surface area contributed by atoms with E-state index in [2.05, 4.69) is 0 Å². The lowest BCUT2D eigenvalue weighted by Gasteiger charge is -2.08. The fourth-order valence-corrected chi connectivity index (χ4v) is 3.21. The van der Waals surface area contributed by atoms with Crippen LogP contribution in [0.4, 0.5) is 4.39 Å². The van der Waals surface area contributed by atoms with Gasteiger partial charge in [0.1, 0.15) is 17.3 Å². The van der Waals surface area contributed by atoms with E-state index < -0.39 is 5.97 Å². The Labute approximate surface area is 151 Å². The summed E-state index contributed by atoms with van der Waals surface area (Å²) in [5.74, 6) is -0.0237. The maximum absolute atomic E-state index is 13.7. The summed E-state index contributed by atoms with van der Waals surface area (Å²) in [4.78, 5) is 11.2. The molecule has 2 aromatic rings. The largest absolute Gasteiger partial charge is 0.497 e. The first kappa shape index (κ1) is 17.7. The first-order valence-corrected chi connectivity index (χ1v) is 8.10. The number of fused-ring (bicyclic) bond motifs is 1. The second-order valence-electron chi connectivity index (χ2n) is 6.07. The summed E-state index contributed by atoms with van der Waals surface area (Å²) in [7, 11) is 3.16. The zero-order chi connectivity index (χ0) is 18.8. The Morgan fingerprint density at radius 3 is 2.31 bits per heavy atom. The molecule has 3 rings (SSSR count). The predicted molar refractivity (Wildman–Crippen MR) is 98.7 cm³/mol. The molecule has 0 aromatic heterocycles. The monoisotopic (exact) mass is 354 g/mol. The van der Waals surface area contributed by atoms with Crippen LogP contribution in [0, 0.1) is 5.82 Å². The third-order valence-electron chi connectivity index (χ3n) is 4.47. The summed E-state index contributed by atoms with van der Waals surface area (Å²) in [6.07, 6.45) is 1.78. The Kier molecular flexibility index (Phi) is 4.80. The summed E-state index contributed by atoms with van der Waals surface area (Å²) in [5.41, 5.74) is 4.63. The van der Waals surface area contributed by atoms with Crippen molar-refractivity contribution in [3.63, 3.8) is 0 Å². The highest BCUT2D eigenvalue weighted by Gasteiger charge is 2.25. The van der Waals surface area contributed by atoms with Crippen molar-refractivity contribution in [1.82, 2.24) is 0 Å². The van der Waals surface area contributed by atoms with Gasteiger partial charge in [0.15, 0.2) is 0 Å². The van der Waals surface area contributed by atoms with Crippen LogP contribution in [0.15, 0.2) is 42.0 Å². The van der Waals surface area contributed by atoms with E-state index in [0.717, 1.165) is 22.3 Å². The van der Waals surface area contributed by atoms with Crippen LogP contribution in [0.5, 0.6) is 11.5 Å². The maximum Gasteiger partial charge on any atom is 0.307 e. The fourth-order valence-electron chi connectivity index (χ4n) is 3.21. The lowest BCUT2D eigenvalue weighted by atomic mass is 10.0. The number of carboxylic acid groups (broad SMARTS) is 1. The van der Waals surface area contributed by atoms with Crippen LogP contribution < -0.4 is 9.47 Å². The van der Waals surface area contributed by atoms with E-state index in [4.69, 9.17) is 9.47 Å². The molecule has 0 amide bonds. The molecule has 0 aliphatic heterocycles. The summed E-state index contributed by atoms with van der Waals surface area (Å²) in [5, 5.41) is 9.22. The van der Waals surface area contributed by atoms with E-state index in [-0.39, 0.29) is 12.2 Å². The molecule has 1 aliphatic carbocycles. The van der Waals surface area contributed by atoms with Gasteiger partial charge in [-0.1, -0.05) is 6.07 Å². The van der Waals surface area contributed by atoms with Crippen molar-refractivity contribution in [1.29, 1.82) is 0 Å². The van der Waals surface area contributed by atoms with E-state index in [1.165, 1.54) is 12.1 Å². The molecule has 1 N–H and O–H groups in total. The molecule has 0 spiro atoms. The number of benzene rings is 2. The Morgan fingerprint density at radius 2 is 1.73 bits per heavy atom.